The van der Waals surface area contributed by atoms with Crippen LogP contribution in [0.1, 0.15) is 5.56 Å². The highest BCUT2D eigenvalue weighted by atomic mass is 35.5. The van der Waals surface area contributed by atoms with Crippen molar-refractivity contribution in [3.63, 3.8) is 0 Å². The summed E-state index contributed by atoms with van der Waals surface area (Å²) < 4.78 is 40.6. The minimum atomic E-state index is -4.48. The van der Waals surface area contributed by atoms with Gasteiger partial charge in [0.15, 0.2) is 6.61 Å². The van der Waals surface area contributed by atoms with Crippen LogP contribution in [0.5, 0.6) is 5.75 Å². The van der Waals surface area contributed by atoms with Crippen LogP contribution in [-0.4, -0.2) is 30.3 Å². The van der Waals surface area contributed by atoms with Gasteiger partial charge in [-0.3, -0.25) is 4.79 Å². The Kier molecular flexibility index (Phi) is 5.44. The summed E-state index contributed by atoms with van der Waals surface area (Å²) in [4.78, 5) is 11.1. The second-order valence-electron chi connectivity index (χ2n) is 3.57. The minimum absolute atomic E-state index is 0.0776. The van der Waals surface area contributed by atoms with Crippen molar-refractivity contribution in [2.45, 2.75) is 12.8 Å². The molecule has 1 rings (SSSR count). The molecule has 0 saturated heterocycles. The summed E-state index contributed by atoms with van der Waals surface area (Å²) >= 11 is 5.79. The molecule has 0 fully saturated rings. The lowest BCUT2D eigenvalue weighted by atomic mass is 10.2. The number of benzene rings is 1. The Morgan fingerprint density at radius 1 is 1.42 bits per heavy atom. The minimum Gasteiger partial charge on any atom is -0.482 e. The largest absolute Gasteiger partial charge is 0.482 e. The Morgan fingerprint density at radius 3 is 2.68 bits per heavy atom. The zero-order valence-corrected chi connectivity index (χ0v) is 10.4. The second kappa shape index (κ2) is 6.63. The highest BCUT2D eigenvalue weighted by Crippen LogP contribution is 2.28. The van der Waals surface area contributed by atoms with E-state index in [2.05, 4.69) is 0 Å². The molecule has 0 aromatic heterocycles. The predicted molar refractivity (Wildman–Crippen MR) is 61.9 cm³/mol. The zero-order valence-electron chi connectivity index (χ0n) is 9.63. The van der Waals surface area contributed by atoms with Gasteiger partial charge in [-0.05, 0) is 6.07 Å². The van der Waals surface area contributed by atoms with Crippen LogP contribution < -0.4 is 10.1 Å². The van der Waals surface area contributed by atoms with Gasteiger partial charge in [-0.2, -0.15) is 13.2 Å². The lowest BCUT2D eigenvalue weighted by Gasteiger charge is -2.12. The Bertz CT molecular complexity index is 451. The first kappa shape index (κ1) is 15.6. The zero-order chi connectivity index (χ0) is 14.5. The Balaban J connectivity index is 2.55. The number of aliphatic hydroxyl groups excluding tert-OH is 1. The van der Waals surface area contributed by atoms with Crippen molar-refractivity contribution in [2.24, 2.45) is 0 Å². The maximum absolute atomic E-state index is 11.9. The van der Waals surface area contributed by atoms with Crippen LogP contribution in [0.25, 0.3) is 0 Å². The van der Waals surface area contributed by atoms with Crippen molar-refractivity contribution in [1.29, 1.82) is 0 Å². The molecule has 0 saturated carbocycles. The first-order chi connectivity index (χ1) is 8.83. The SMILES string of the molecule is O=C(COc1c(Cl)cccc1CO)NCC(F)(F)F. The maximum Gasteiger partial charge on any atom is 0.405 e. The Morgan fingerprint density at radius 2 is 2.11 bits per heavy atom. The normalized spacial score (nSPS) is 11.2. The van der Waals surface area contributed by atoms with Gasteiger partial charge in [0.1, 0.15) is 12.3 Å². The van der Waals surface area contributed by atoms with E-state index in [9.17, 15) is 18.0 Å². The number of hydrogen-bond donors (Lipinski definition) is 2. The predicted octanol–water partition coefficient (Wildman–Crippen LogP) is 1.89. The highest BCUT2D eigenvalue weighted by Gasteiger charge is 2.27. The number of alkyl halides is 3. The molecule has 0 heterocycles. The number of halogens is 4. The third kappa shape index (κ3) is 5.35. The number of ether oxygens (including phenoxy) is 1. The molecular formula is C11H11ClF3NO3. The van der Waals surface area contributed by atoms with E-state index in [0.29, 0.717) is 5.56 Å². The Labute approximate surface area is 112 Å². The van der Waals surface area contributed by atoms with E-state index >= 15 is 0 Å². The molecule has 2 N–H and O–H groups in total. The van der Waals surface area contributed by atoms with E-state index in [4.69, 9.17) is 21.4 Å². The van der Waals surface area contributed by atoms with Gasteiger partial charge in [0.05, 0.1) is 11.6 Å². The van der Waals surface area contributed by atoms with Gasteiger partial charge in [-0.25, -0.2) is 0 Å². The van der Waals surface area contributed by atoms with Gasteiger partial charge in [0.25, 0.3) is 5.91 Å². The average Bonchev–Trinajstić information content (AvgIpc) is 2.33. The molecule has 106 valence electrons. The van der Waals surface area contributed by atoms with E-state index in [1.165, 1.54) is 12.1 Å². The number of rotatable bonds is 5. The van der Waals surface area contributed by atoms with Gasteiger partial charge >= 0.3 is 6.18 Å². The van der Waals surface area contributed by atoms with E-state index in [1.807, 2.05) is 0 Å². The second-order valence-corrected chi connectivity index (χ2v) is 3.97. The van der Waals surface area contributed by atoms with Crippen LogP contribution in [0.15, 0.2) is 18.2 Å². The summed E-state index contributed by atoms with van der Waals surface area (Å²) in [6.45, 7) is -2.41. The van der Waals surface area contributed by atoms with Gasteiger partial charge in [0, 0.05) is 5.56 Å². The number of carbonyl (C=O) groups excluding carboxylic acids is 1. The van der Waals surface area contributed by atoms with Crippen LogP contribution in [0.3, 0.4) is 0 Å². The molecule has 0 unspecified atom stereocenters. The van der Waals surface area contributed by atoms with E-state index < -0.39 is 25.2 Å². The van der Waals surface area contributed by atoms with Crippen molar-refractivity contribution < 1.29 is 27.8 Å². The van der Waals surface area contributed by atoms with Crippen LogP contribution in [0.4, 0.5) is 13.2 Å². The van der Waals surface area contributed by atoms with Crippen LogP contribution >= 0.6 is 11.6 Å². The number of carbonyl (C=O) groups is 1. The Hall–Kier alpha value is -1.47. The molecule has 0 spiro atoms. The highest BCUT2D eigenvalue weighted by molar-refractivity contribution is 6.32. The molecule has 1 aromatic rings. The summed E-state index contributed by atoms with van der Waals surface area (Å²) in [5.74, 6) is -0.852. The fourth-order valence-electron chi connectivity index (χ4n) is 1.23. The van der Waals surface area contributed by atoms with E-state index in [-0.39, 0.29) is 17.4 Å². The third-order valence-corrected chi connectivity index (χ3v) is 2.35. The van der Waals surface area contributed by atoms with Gasteiger partial charge in [-0.15, -0.1) is 0 Å². The first-order valence-electron chi connectivity index (χ1n) is 5.18. The fourth-order valence-corrected chi connectivity index (χ4v) is 1.48. The van der Waals surface area contributed by atoms with Crippen LogP contribution in [-0.2, 0) is 11.4 Å². The molecule has 1 amide bonds. The molecule has 19 heavy (non-hydrogen) atoms. The van der Waals surface area contributed by atoms with Crippen LogP contribution in [0.2, 0.25) is 5.02 Å². The monoisotopic (exact) mass is 297 g/mol. The van der Waals surface area contributed by atoms with E-state index in [0.717, 1.165) is 0 Å². The molecule has 0 aliphatic carbocycles. The fraction of sp³-hybridized carbons (Fsp3) is 0.364. The van der Waals surface area contributed by atoms with Crippen molar-refractivity contribution in [1.82, 2.24) is 5.32 Å². The van der Waals surface area contributed by atoms with E-state index in [1.54, 1.807) is 11.4 Å². The summed E-state index contributed by atoms with van der Waals surface area (Å²) in [6, 6.07) is 4.57. The molecular weight excluding hydrogens is 287 g/mol. The molecule has 0 aliphatic rings. The molecule has 0 aliphatic heterocycles. The number of nitrogens with one attached hydrogen (secondary N) is 1. The summed E-state index contributed by atoms with van der Waals surface area (Å²) in [7, 11) is 0. The lowest BCUT2D eigenvalue weighted by Crippen LogP contribution is -2.36. The molecule has 1 aromatic carbocycles. The number of para-hydroxylation sites is 1. The summed E-state index contributed by atoms with van der Waals surface area (Å²) in [5, 5.41) is 10.8. The molecule has 0 bridgehead atoms. The number of aliphatic hydroxyl groups is 1. The molecule has 8 heteroatoms. The van der Waals surface area contributed by atoms with Gasteiger partial charge in [0.2, 0.25) is 0 Å². The number of hydrogen-bond acceptors (Lipinski definition) is 3. The quantitative estimate of drug-likeness (QED) is 0.872. The topological polar surface area (TPSA) is 58.6 Å². The molecule has 0 atom stereocenters. The average molecular weight is 298 g/mol. The van der Waals surface area contributed by atoms with Gasteiger partial charge in [-0.1, -0.05) is 23.7 Å². The van der Waals surface area contributed by atoms with Crippen molar-refractivity contribution in [3.05, 3.63) is 28.8 Å². The molecule has 0 radical (unpaired) electrons. The summed E-state index contributed by atoms with van der Waals surface area (Å²) in [6.07, 6.45) is -4.48. The molecule has 4 nitrogen and oxygen atoms in total. The number of amides is 1. The maximum atomic E-state index is 11.9. The third-order valence-electron chi connectivity index (χ3n) is 2.05. The van der Waals surface area contributed by atoms with Gasteiger partial charge < -0.3 is 15.2 Å². The van der Waals surface area contributed by atoms with Crippen LogP contribution in [0, 0.1) is 0 Å². The lowest BCUT2D eigenvalue weighted by molar-refractivity contribution is -0.139. The standard InChI is InChI=1S/C11H11ClF3NO3/c12-8-3-1-2-7(4-17)10(8)19-5-9(18)16-6-11(13,14)15/h1-3,17H,4-6H2,(H,16,18). The van der Waals surface area contributed by atoms with Crippen molar-refractivity contribution >= 4 is 17.5 Å². The summed E-state index contributed by atoms with van der Waals surface area (Å²) in [5.41, 5.74) is 0.344. The smallest absolute Gasteiger partial charge is 0.405 e. The van der Waals surface area contributed by atoms with Crippen molar-refractivity contribution in [3.8, 4) is 5.75 Å². The first-order valence-corrected chi connectivity index (χ1v) is 5.56. The van der Waals surface area contributed by atoms with Crippen molar-refractivity contribution in [2.75, 3.05) is 13.2 Å².